The molecular weight excluding hydrogens is 518 g/mol. The van der Waals surface area contributed by atoms with Gasteiger partial charge < -0.3 is 36.4 Å². The number of carbonyl (C=O) groups excluding carboxylic acids is 2. The van der Waals surface area contributed by atoms with Gasteiger partial charge in [-0.3, -0.25) is 15.0 Å². The van der Waals surface area contributed by atoms with Crippen molar-refractivity contribution in [3.05, 3.63) is 77.0 Å². The number of nitrogen functional groups attached to an aromatic ring is 1. The molecule has 1 aromatic heterocycles. The monoisotopic (exact) mass is 549 g/mol. The molecule has 0 radical (unpaired) electrons. The van der Waals surface area contributed by atoms with Gasteiger partial charge in [-0.15, -0.1) is 0 Å². The predicted octanol–water partition coefficient (Wildman–Crippen LogP) is 2.10. The van der Waals surface area contributed by atoms with Crippen molar-refractivity contribution in [1.29, 1.82) is 5.41 Å². The highest BCUT2D eigenvalue weighted by Crippen LogP contribution is 2.30. The molecule has 2 amide bonds. The van der Waals surface area contributed by atoms with E-state index in [1.165, 1.54) is 37.4 Å². The highest BCUT2D eigenvalue weighted by Gasteiger charge is 2.30. The van der Waals surface area contributed by atoms with Crippen LogP contribution < -0.4 is 21.1 Å². The number of amidine groups is 1. The summed E-state index contributed by atoms with van der Waals surface area (Å²) in [5, 5.41) is 42.1. The molecule has 0 aliphatic rings. The molecule has 1 heterocycles. The molecule has 210 valence electrons. The van der Waals surface area contributed by atoms with Gasteiger partial charge in [0.15, 0.2) is 0 Å². The number of pyridine rings is 1. The summed E-state index contributed by atoms with van der Waals surface area (Å²) in [7, 11) is 1.37. The van der Waals surface area contributed by atoms with Crippen molar-refractivity contribution in [1.82, 2.24) is 10.3 Å². The van der Waals surface area contributed by atoms with E-state index in [1.807, 2.05) is 0 Å². The summed E-state index contributed by atoms with van der Waals surface area (Å²) >= 11 is 0. The molecule has 12 nitrogen and oxygen atoms in total. The number of hydrogen-bond donors (Lipinski definition) is 7. The molecule has 0 spiro atoms. The molecule has 3 rings (SSSR count). The van der Waals surface area contributed by atoms with Crippen molar-refractivity contribution in [3.8, 4) is 17.0 Å². The first kappa shape index (κ1) is 29.7. The fourth-order valence-corrected chi connectivity index (χ4v) is 3.81. The molecule has 40 heavy (non-hydrogen) atoms. The lowest BCUT2D eigenvalue weighted by Gasteiger charge is -2.31. The quantitative estimate of drug-likeness (QED) is 0.138. The fourth-order valence-electron chi connectivity index (χ4n) is 3.81. The summed E-state index contributed by atoms with van der Waals surface area (Å²) in [5.74, 6) is -2.65. The van der Waals surface area contributed by atoms with Gasteiger partial charge in [0, 0.05) is 33.9 Å². The highest BCUT2D eigenvalue weighted by molar-refractivity contribution is 6.10. The van der Waals surface area contributed by atoms with E-state index >= 15 is 0 Å². The maximum absolute atomic E-state index is 13.3. The standard InChI is InChI=1S/C28H31N5O7/c1-28(2,14-35)21(13-34)32-25(36)16-6-9-18(20(12-16)27(38)39)19-10-11-22(40-3)33-23(19)26(37)31-17-7-4-15(5-8-17)24(29)30/h4-12,21,34-35H,13-14H2,1-3H3,(H3,29,30)(H,31,37)(H,32,36)(H,38,39). The molecule has 1 unspecified atom stereocenters. The van der Waals surface area contributed by atoms with E-state index in [1.54, 1.807) is 38.1 Å². The van der Waals surface area contributed by atoms with Crippen LogP contribution in [0.3, 0.4) is 0 Å². The molecule has 12 heteroatoms. The molecule has 0 saturated carbocycles. The van der Waals surface area contributed by atoms with Crippen molar-refractivity contribution >= 4 is 29.3 Å². The van der Waals surface area contributed by atoms with Crippen LogP contribution in [0.15, 0.2) is 54.6 Å². The van der Waals surface area contributed by atoms with Gasteiger partial charge in [0.25, 0.3) is 11.8 Å². The second-order valence-corrected chi connectivity index (χ2v) is 9.62. The Kier molecular flexibility index (Phi) is 9.19. The van der Waals surface area contributed by atoms with Crippen LogP contribution in [-0.2, 0) is 0 Å². The second-order valence-electron chi connectivity index (χ2n) is 9.62. The first-order valence-electron chi connectivity index (χ1n) is 12.1. The molecule has 0 fully saturated rings. The number of carboxylic acids is 1. The molecule has 0 saturated heterocycles. The van der Waals surface area contributed by atoms with Crippen molar-refractivity contribution < 1.29 is 34.4 Å². The number of nitrogens with one attached hydrogen (secondary N) is 3. The van der Waals surface area contributed by atoms with Crippen LogP contribution in [0.1, 0.15) is 50.6 Å². The summed E-state index contributed by atoms with van der Waals surface area (Å²) in [6.45, 7) is 2.60. The lowest BCUT2D eigenvalue weighted by Crippen LogP contribution is -2.49. The molecule has 0 aliphatic heterocycles. The van der Waals surface area contributed by atoms with E-state index in [9.17, 15) is 29.7 Å². The van der Waals surface area contributed by atoms with Gasteiger partial charge in [0.05, 0.1) is 31.9 Å². The molecule has 3 aromatic rings. The van der Waals surface area contributed by atoms with Crippen LogP contribution in [0.25, 0.3) is 11.1 Å². The smallest absolute Gasteiger partial charge is 0.336 e. The van der Waals surface area contributed by atoms with Crippen molar-refractivity contribution in [2.75, 3.05) is 25.6 Å². The van der Waals surface area contributed by atoms with Crippen molar-refractivity contribution in [2.24, 2.45) is 11.1 Å². The molecule has 8 N–H and O–H groups in total. The van der Waals surface area contributed by atoms with Gasteiger partial charge in [-0.2, -0.15) is 0 Å². The van der Waals surface area contributed by atoms with Crippen LogP contribution in [-0.4, -0.2) is 70.3 Å². The summed E-state index contributed by atoms with van der Waals surface area (Å²) in [5.41, 5.74) is 5.43. The zero-order valence-corrected chi connectivity index (χ0v) is 22.2. The van der Waals surface area contributed by atoms with Gasteiger partial charge in [0.2, 0.25) is 5.88 Å². The Bertz CT molecular complexity index is 1440. The SMILES string of the molecule is COc1ccc(-c2ccc(C(=O)NC(CO)C(C)(C)CO)cc2C(=O)O)c(C(=O)Nc2ccc(C(=N)N)cc2)n1. The zero-order valence-electron chi connectivity index (χ0n) is 22.2. The van der Waals surface area contributed by atoms with Gasteiger partial charge in [0.1, 0.15) is 11.5 Å². The minimum atomic E-state index is -1.35. The van der Waals surface area contributed by atoms with E-state index in [4.69, 9.17) is 15.9 Å². The number of aromatic carboxylic acids is 1. The van der Waals surface area contributed by atoms with Gasteiger partial charge >= 0.3 is 5.97 Å². The van der Waals surface area contributed by atoms with Gasteiger partial charge in [-0.1, -0.05) is 19.9 Å². The number of aliphatic hydroxyl groups excluding tert-OH is 2. The average Bonchev–Trinajstić information content (AvgIpc) is 2.95. The van der Waals surface area contributed by atoms with Gasteiger partial charge in [-0.25, -0.2) is 9.78 Å². The average molecular weight is 550 g/mol. The summed E-state index contributed by atoms with van der Waals surface area (Å²) in [4.78, 5) is 42.7. The maximum Gasteiger partial charge on any atom is 0.336 e. The minimum absolute atomic E-state index is 0.00590. The van der Waals surface area contributed by atoms with E-state index in [-0.39, 0.29) is 46.3 Å². The number of hydrogen-bond acceptors (Lipinski definition) is 8. The molecule has 0 bridgehead atoms. The minimum Gasteiger partial charge on any atom is -0.481 e. The maximum atomic E-state index is 13.3. The Balaban J connectivity index is 2.01. The summed E-state index contributed by atoms with van der Waals surface area (Å²) in [6, 6.07) is 12.4. The van der Waals surface area contributed by atoms with E-state index < -0.39 is 35.8 Å². The van der Waals surface area contributed by atoms with Crippen LogP contribution in [0, 0.1) is 10.8 Å². The number of aliphatic hydroxyl groups is 2. The number of nitrogens with two attached hydrogens (primary N) is 1. The van der Waals surface area contributed by atoms with Crippen LogP contribution >= 0.6 is 0 Å². The van der Waals surface area contributed by atoms with Crippen molar-refractivity contribution in [3.63, 3.8) is 0 Å². The fraction of sp³-hybridized carbons (Fsp3) is 0.250. The third-order valence-electron chi connectivity index (χ3n) is 6.39. The van der Waals surface area contributed by atoms with E-state index in [0.29, 0.717) is 11.3 Å². The summed E-state index contributed by atoms with van der Waals surface area (Å²) < 4.78 is 5.16. The number of rotatable bonds is 11. The third-order valence-corrected chi connectivity index (χ3v) is 6.39. The Labute approximate surface area is 230 Å². The van der Waals surface area contributed by atoms with Crippen LogP contribution in [0.4, 0.5) is 5.69 Å². The Hall–Kier alpha value is -4.81. The molecule has 1 atom stereocenters. The molecule has 0 aliphatic carbocycles. The second kappa shape index (κ2) is 12.4. The van der Waals surface area contributed by atoms with E-state index in [2.05, 4.69) is 15.6 Å². The van der Waals surface area contributed by atoms with Crippen LogP contribution in [0.2, 0.25) is 0 Å². The lowest BCUT2D eigenvalue weighted by molar-refractivity contribution is 0.0655. The topological polar surface area (TPSA) is 208 Å². The molecule has 2 aromatic carbocycles. The van der Waals surface area contributed by atoms with Crippen molar-refractivity contribution in [2.45, 2.75) is 19.9 Å². The Morgan fingerprint density at radius 1 is 1.00 bits per heavy atom. The number of amides is 2. The lowest BCUT2D eigenvalue weighted by atomic mass is 9.85. The number of anilines is 1. The zero-order chi connectivity index (χ0) is 29.6. The number of carbonyl (C=O) groups is 3. The number of benzene rings is 2. The number of carboxylic acid groups (broad SMARTS) is 1. The summed E-state index contributed by atoms with van der Waals surface area (Å²) in [6.07, 6.45) is 0. The number of ether oxygens (including phenoxy) is 1. The first-order chi connectivity index (χ1) is 18.9. The largest absolute Gasteiger partial charge is 0.481 e. The highest BCUT2D eigenvalue weighted by atomic mass is 16.5. The molecular formula is C28H31N5O7. The number of aromatic nitrogens is 1. The number of methoxy groups -OCH3 is 1. The normalized spacial score (nSPS) is 11.8. The number of nitrogens with zero attached hydrogens (tertiary/aromatic N) is 1. The van der Waals surface area contributed by atoms with E-state index in [0.717, 1.165) is 0 Å². The third kappa shape index (κ3) is 6.60. The van der Waals surface area contributed by atoms with Gasteiger partial charge in [-0.05, 0) is 48.0 Å². The predicted molar refractivity (Wildman–Crippen MR) is 148 cm³/mol. The Morgan fingerprint density at radius 3 is 2.17 bits per heavy atom. The van der Waals surface area contributed by atoms with Crippen LogP contribution in [0.5, 0.6) is 5.88 Å². The first-order valence-corrected chi connectivity index (χ1v) is 12.1. The Morgan fingerprint density at radius 2 is 1.62 bits per heavy atom.